The fraction of sp³-hybridized carbons (Fsp3) is 0.625. The van der Waals surface area contributed by atoms with Gasteiger partial charge in [-0.2, -0.15) is 0 Å². The summed E-state index contributed by atoms with van der Waals surface area (Å²) in [5.74, 6) is 0.188. The summed E-state index contributed by atoms with van der Waals surface area (Å²) in [5.41, 5.74) is 4.15. The number of fused-ring (bicyclic) bond motifs is 4. The molecular weight excluding hydrogens is 479 g/mol. The summed E-state index contributed by atoms with van der Waals surface area (Å²) in [5, 5.41) is 0. The van der Waals surface area contributed by atoms with Gasteiger partial charge in [-0.05, 0) is 0 Å². The van der Waals surface area contributed by atoms with Crippen LogP contribution in [0, 0.1) is 11.3 Å². The van der Waals surface area contributed by atoms with Crippen molar-refractivity contribution in [3.05, 3.63) is 32.5 Å². The van der Waals surface area contributed by atoms with Gasteiger partial charge in [0.15, 0.2) is 0 Å². The van der Waals surface area contributed by atoms with Crippen LogP contribution >= 0.6 is 19.8 Å². The van der Waals surface area contributed by atoms with E-state index in [1.165, 1.54) is 28.3 Å². The van der Waals surface area contributed by atoms with E-state index in [1.807, 2.05) is 6.08 Å². The molecule has 0 aromatic carbocycles. The number of hydrogen-bond donors (Lipinski definition) is 0. The Morgan fingerprint density at radius 1 is 1.34 bits per heavy atom. The zero-order chi connectivity index (χ0) is 20.8. The monoisotopic (exact) mass is 510 g/mol. The van der Waals surface area contributed by atoms with E-state index in [9.17, 15) is 14.4 Å². The number of aldehydes is 1. The van der Waals surface area contributed by atoms with E-state index in [-0.39, 0.29) is 26.5 Å². The van der Waals surface area contributed by atoms with Crippen LogP contribution in [0.3, 0.4) is 0 Å². The first-order chi connectivity index (χ1) is 13.8. The zero-order valence-corrected chi connectivity index (χ0v) is 19.8. The molecule has 0 spiro atoms. The van der Waals surface area contributed by atoms with E-state index in [0.29, 0.717) is 19.3 Å². The van der Waals surface area contributed by atoms with Crippen LogP contribution in [0.25, 0.3) is 0 Å². The second-order valence-electron chi connectivity index (χ2n) is 9.22. The second-order valence-corrected chi connectivity index (χ2v) is 16.1. The quantitative estimate of drug-likeness (QED) is 0.224. The summed E-state index contributed by atoms with van der Waals surface area (Å²) in [7, 11) is 1.46. The molecule has 0 saturated carbocycles. The Hall–Kier alpha value is -1.24. The maximum absolute atomic E-state index is 12.2. The molecule has 0 aromatic rings. The molecule has 3 atom stereocenters. The van der Waals surface area contributed by atoms with E-state index in [1.54, 1.807) is 3.58 Å². The van der Waals surface area contributed by atoms with Crippen molar-refractivity contribution < 1.29 is 19.1 Å². The van der Waals surface area contributed by atoms with Crippen LogP contribution in [-0.4, -0.2) is 33.0 Å². The normalized spacial score (nSPS) is 34.7. The molecule has 2 aliphatic heterocycles. The predicted molar refractivity (Wildman–Crippen MR) is 122 cm³/mol. The standard InChI is InChI=1S/C24H31IO4/c1-23(8-4-12-26)9-6-20-22-16(14-21(28)29-3)13-17-15-18(27)5-10-24(17,2)19(22)7-11-25(20)23/h6,12,15-16H,4-5,7-11,13-14H2,1-3H3. The fourth-order valence-electron chi connectivity index (χ4n) is 5.77. The van der Waals surface area contributed by atoms with Crippen molar-refractivity contribution in [3.63, 3.8) is 0 Å². The number of carbonyl (C=O) groups is 3. The van der Waals surface area contributed by atoms with Crippen LogP contribution < -0.4 is 0 Å². The van der Waals surface area contributed by atoms with Gasteiger partial charge < -0.3 is 0 Å². The summed E-state index contributed by atoms with van der Waals surface area (Å²) in [6.45, 7) is 4.71. The van der Waals surface area contributed by atoms with Crippen LogP contribution in [0.5, 0.6) is 0 Å². The summed E-state index contributed by atoms with van der Waals surface area (Å²) in [4.78, 5) is 35.4. The van der Waals surface area contributed by atoms with Crippen molar-refractivity contribution in [2.45, 2.75) is 68.6 Å². The molecule has 29 heavy (non-hydrogen) atoms. The third-order valence-corrected chi connectivity index (χ3v) is 15.7. The first kappa shape index (κ1) is 21.0. The molecule has 0 amide bonds. The van der Waals surface area contributed by atoms with Gasteiger partial charge >= 0.3 is 181 Å². The zero-order valence-electron chi connectivity index (χ0n) is 17.7. The van der Waals surface area contributed by atoms with Gasteiger partial charge in [0.2, 0.25) is 0 Å². The van der Waals surface area contributed by atoms with Crippen LogP contribution in [0.2, 0.25) is 0 Å². The molecule has 4 rings (SSSR count). The molecule has 0 fully saturated rings. The first-order valence-electron chi connectivity index (χ1n) is 10.7. The number of ketones is 1. The minimum absolute atomic E-state index is 0.0271. The molecule has 158 valence electrons. The Morgan fingerprint density at radius 2 is 2.14 bits per heavy atom. The first-order valence-corrected chi connectivity index (χ1v) is 14.3. The number of rotatable bonds is 5. The number of alkyl halides is 2. The molecule has 3 unspecified atom stereocenters. The van der Waals surface area contributed by atoms with E-state index in [4.69, 9.17) is 4.74 Å². The molecule has 4 aliphatic rings. The summed E-state index contributed by atoms with van der Waals surface area (Å²) < 4.78 is 8.15. The molecule has 2 heterocycles. The van der Waals surface area contributed by atoms with E-state index in [2.05, 4.69) is 19.9 Å². The van der Waals surface area contributed by atoms with Crippen molar-refractivity contribution in [1.82, 2.24) is 0 Å². The Balaban J connectivity index is 1.78. The maximum atomic E-state index is 12.2. The number of esters is 1. The van der Waals surface area contributed by atoms with Crippen molar-refractivity contribution in [2.75, 3.05) is 11.5 Å². The van der Waals surface area contributed by atoms with Gasteiger partial charge in [0.25, 0.3) is 0 Å². The molecule has 2 aliphatic carbocycles. The van der Waals surface area contributed by atoms with E-state index < -0.39 is 19.8 Å². The third kappa shape index (κ3) is 3.47. The third-order valence-electron chi connectivity index (χ3n) is 7.50. The average molecular weight is 510 g/mol. The fourth-order valence-corrected chi connectivity index (χ4v) is 14.1. The molecule has 0 bridgehead atoms. The van der Waals surface area contributed by atoms with Crippen molar-refractivity contribution in [1.29, 1.82) is 0 Å². The summed E-state index contributed by atoms with van der Waals surface area (Å²) >= 11 is -1.44. The molecule has 0 saturated heterocycles. The number of carbonyl (C=O) groups excluding carboxylic acids is 3. The Bertz CT molecular complexity index is 851. The van der Waals surface area contributed by atoms with Crippen LogP contribution in [0.4, 0.5) is 0 Å². The van der Waals surface area contributed by atoms with E-state index >= 15 is 0 Å². The topological polar surface area (TPSA) is 60.4 Å². The number of hydrogen-bond acceptors (Lipinski definition) is 4. The second kappa shape index (κ2) is 7.78. The van der Waals surface area contributed by atoms with Crippen molar-refractivity contribution in [2.24, 2.45) is 11.3 Å². The summed E-state index contributed by atoms with van der Waals surface area (Å²) in [6, 6.07) is 0. The SMILES string of the molecule is COC(=O)CC1CC2=CC(=O)CCC2(C)C2=C1C1=CCC(C)(CCC=O)I1CC2. The van der Waals surface area contributed by atoms with Gasteiger partial charge in [-0.1, -0.05) is 0 Å². The van der Waals surface area contributed by atoms with Crippen LogP contribution in [0.15, 0.2) is 32.5 Å². The van der Waals surface area contributed by atoms with Crippen LogP contribution in [-0.2, 0) is 19.1 Å². The number of allylic oxidation sites excluding steroid dienone is 6. The predicted octanol–water partition coefficient (Wildman–Crippen LogP) is 5.10. The number of methoxy groups -OCH3 is 1. The Kier molecular flexibility index (Phi) is 5.64. The van der Waals surface area contributed by atoms with Crippen molar-refractivity contribution in [3.8, 4) is 0 Å². The van der Waals surface area contributed by atoms with Crippen LogP contribution in [0.1, 0.15) is 65.2 Å². The van der Waals surface area contributed by atoms with E-state index in [0.717, 1.165) is 38.4 Å². The molecule has 0 aromatic heterocycles. The van der Waals surface area contributed by atoms with Gasteiger partial charge in [0.05, 0.1) is 0 Å². The Morgan fingerprint density at radius 3 is 2.86 bits per heavy atom. The Labute approximate surface area is 180 Å². The molecule has 4 nitrogen and oxygen atoms in total. The van der Waals surface area contributed by atoms with Gasteiger partial charge in [-0.15, -0.1) is 0 Å². The summed E-state index contributed by atoms with van der Waals surface area (Å²) in [6.07, 6.45) is 11.9. The molecule has 0 radical (unpaired) electrons. The van der Waals surface area contributed by atoms with Gasteiger partial charge in [0, 0.05) is 0 Å². The van der Waals surface area contributed by atoms with Crippen molar-refractivity contribution >= 4 is 37.9 Å². The minimum atomic E-state index is -1.44. The van der Waals surface area contributed by atoms with Gasteiger partial charge in [-0.25, -0.2) is 0 Å². The number of ether oxygens (including phenoxy) is 1. The molecular formula is C24H31IO4. The van der Waals surface area contributed by atoms with Gasteiger partial charge in [-0.3, -0.25) is 0 Å². The molecule has 0 N–H and O–H groups in total. The molecule has 5 heteroatoms. The van der Waals surface area contributed by atoms with Gasteiger partial charge in [0.1, 0.15) is 0 Å². The average Bonchev–Trinajstić information content (AvgIpc) is 3.05. The number of halogens is 1.